The summed E-state index contributed by atoms with van der Waals surface area (Å²) in [5.74, 6) is 2.82. The topological polar surface area (TPSA) is 29.1 Å². The average Bonchev–Trinajstić information content (AvgIpc) is 2.44. The molecule has 1 N–H and O–H groups in total. The number of amides is 1. The number of benzene rings is 1. The monoisotopic (exact) mass is 257 g/mol. The van der Waals surface area contributed by atoms with Crippen molar-refractivity contribution in [2.75, 3.05) is 5.32 Å². The molecule has 0 aliphatic carbocycles. The molecule has 0 spiro atoms. The normalized spacial score (nSPS) is 11.6. The van der Waals surface area contributed by atoms with E-state index < -0.39 is 0 Å². The summed E-state index contributed by atoms with van der Waals surface area (Å²) < 4.78 is 0. The Balaban J connectivity index is 2.61. The molecule has 1 aromatic rings. The van der Waals surface area contributed by atoms with Gasteiger partial charge in [-0.1, -0.05) is 39.0 Å². The zero-order valence-corrected chi connectivity index (χ0v) is 11.9. The maximum Gasteiger partial charge on any atom is 0.227 e. The van der Waals surface area contributed by atoms with Crippen LogP contribution in [0.4, 0.5) is 5.69 Å². The van der Waals surface area contributed by atoms with Gasteiger partial charge in [0, 0.05) is 17.2 Å². The van der Waals surface area contributed by atoms with E-state index in [1.807, 2.05) is 24.3 Å². The molecule has 1 atom stereocenters. The highest BCUT2D eigenvalue weighted by atomic mass is 16.1. The van der Waals surface area contributed by atoms with E-state index in [-0.39, 0.29) is 11.8 Å². The number of rotatable bonds is 7. The summed E-state index contributed by atoms with van der Waals surface area (Å²) in [7, 11) is 0. The second kappa shape index (κ2) is 8.37. The molecule has 0 aromatic heterocycles. The predicted molar refractivity (Wildman–Crippen MR) is 80.9 cm³/mol. The first kappa shape index (κ1) is 15.3. The third-order valence-corrected chi connectivity index (χ3v) is 3.23. The summed E-state index contributed by atoms with van der Waals surface area (Å²) in [6.45, 7) is 4.27. The Bertz CT molecular complexity index is 428. The van der Waals surface area contributed by atoms with E-state index in [0.29, 0.717) is 0 Å². The van der Waals surface area contributed by atoms with Gasteiger partial charge in [0.05, 0.1) is 0 Å². The Labute approximate surface area is 116 Å². The summed E-state index contributed by atoms with van der Waals surface area (Å²) >= 11 is 0. The highest BCUT2D eigenvalue weighted by Crippen LogP contribution is 2.18. The highest BCUT2D eigenvalue weighted by Gasteiger charge is 2.16. The van der Waals surface area contributed by atoms with Gasteiger partial charge >= 0.3 is 0 Å². The molecule has 0 radical (unpaired) electrons. The van der Waals surface area contributed by atoms with Gasteiger partial charge in [0.15, 0.2) is 0 Å². The molecule has 2 heteroatoms. The lowest BCUT2D eigenvalue weighted by molar-refractivity contribution is -0.120. The number of hydrogen-bond acceptors (Lipinski definition) is 1. The molecule has 102 valence electrons. The van der Waals surface area contributed by atoms with E-state index in [9.17, 15) is 4.79 Å². The van der Waals surface area contributed by atoms with Gasteiger partial charge in [0.1, 0.15) is 0 Å². The van der Waals surface area contributed by atoms with Crippen LogP contribution in [0.5, 0.6) is 0 Å². The second-order valence-corrected chi connectivity index (χ2v) is 4.84. The van der Waals surface area contributed by atoms with Crippen LogP contribution in [0, 0.1) is 18.3 Å². The Morgan fingerprint density at radius 1 is 1.21 bits per heavy atom. The van der Waals surface area contributed by atoms with Crippen molar-refractivity contribution in [1.82, 2.24) is 0 Å². The van der Waals surface area contributed by atoms with E-state index in [0.717, 1.165) is 43.4 Å². The summed E-state index contributed by atoms with van der Waals surface area (Å²) in [5.41, 5.74) is 1.65. The average molecular weight is 257 g/mol. The van der Waals surface area contributed by atoms with Crippen molar-refractivity contribution in [1.29, 1.82) is 0 Å². The van der Waals surface area contributed by atoms with Gasteiger partial charge in [-0.15, -0.1) is 6.42 Å². The van der Waals surface area contributed by atoms with E-state index in [4.69, 9.17) is 6.42 Å². The number of carbonyl (C=O) groups is 1. The first-order chi connectivity index (χ1) is 9.21. The van der Waals surface area contributed by atoms with Gasteiger partial charge in [-0.2, -0.15) is 0 Å². The van der Waals surface area contributed by atoms with Crippen molar-refractivity contribution in [3.8, 4) is 12.3 Å². The first-order valence-corrected chi connectivity index (χ1v) is 7.08. The molecule has 0 bridgehead atoms. The smallest absolute Gasteiger partial charge is 0.227 e. The van der Waals surface area contributed by atoms with Crippen molar-refractivity contribution in [2.45, 2.75) is 46.0 Å². The van der Waals surface area contributed by atoms with E-state index in [1.54, 1.807) is 0 Å². The van der Waals surface area contributed by atoms with Crippen LogP contribution in [0.3, 0.4) is 0 Å². The summed E-state index contributed by atoms with van der Waals surface area (Å²) in [5, 5.41) is 2.98. The first-order valence-electron chi connectivity index (χ1n) is 7.08. The largest absolute Gasteiger partial charge is 0.326 e. The zero-order chi connectivity index (χ0) is 14.1. The Morgan fingerprint density at radius 3 is 2.42 bits per heavy atom. The molecule has 0 aliphatic rings. The molecular weight excluding hydrogens is 234 g/mol. The van der Waals surface area contributed by atoms with Crippen molar-refractivity contribution in [2.24, 2.45) is 5.92 Å². The number of nitrogens with one attached hydrogen (secondary N) is 1. The minimum atomic E-state index is 0.122. The van der Waals surface area contributed by atoms with E-state index in [1.165, 1.54) is 0 Å². The van der Waals surface area contributed by atoms with Crippen LogP contribution in [0.25, 0.3) is 0 Å². The molecule has 0 saturated carbocycles. The van der Waals surface area contributed by atoms with Crippen molar-refractivity contribution in [3.05, 3.63) is 29.8 Å². The molecule has 0 saturated heterocycles. The number of anilines is 1. The molecule has 2 nitrogen and oxygen atoms in total. The third-order valence-electron chi connectivity index (χ3n) is 3.23. The number of terminal acetylenes is 1. The predicted octanol–water partition coefficient (Wildman–Crippen LogP) is 4.21. The minimum Gasteiger partial charge on any atom is -0.326 e. The van der Waals surface area contributed by atoms with Crippen LogP contribution in [-0.4, -0.2) is 5.91 Å². The van der Waals surface area contributed by atoms with Crippen LogP contribution in [0.2, 0.25) is 0 Å². The maximum absolute atomic E-state index is 12.2. The number of hydrogen-bond donors (Lipinski definition) is 1. The molecule has 1 amide bonds. The number of unbranched alkanes of at least 4 members (excludes halogenated alkanes) is 1. The summed E-state index contributed by atoms with van der Waals surface area (Å²) in [6, 6.07) is 7.40. The van der Waals surface area contributed by atoms with Crippen LogP contribution in [0.15, 0.2) is 24.3 Å². The quantitative estimate of drug-likeness (QED) is 0.728. The molecular formula is C17H23NO. The lowest BCUT2D eigenvalue weighted by Gasteiger charge is -2.15. The molecule has 0 aliphatic heterocycles. The number of carbonyl (C=O) groups excluding carboxylic acids is 1. The van der Waals surface area contributed by atoms with Crippen LogP contribution in [0.1, 0.15) is 51.5 Å². The minimum absolute atomic E-state index is 0.122. The fraction of sp³-hybridized carbons (Fsp3) is 0.471. The molecule has 1 aromatic carbocycles. The van der Waals surface area contributed by atoms with Gasteiger partial charge in [-0.3, -0.25) is 4.79 Å². The lowest BCUT2D eigenvalue weighted by atomic mass is 9.96. The fourth-order valence-electron chi connectivity index (χ4n) is 2.10. The van der Waals surface area contributed by atoms with E-state index in [2.05, 4.69) is 25.1 Å². The van der Waals surface area contributed by atoms with Gasteiger partial charge in [0.25, 0.3) is 0 Å². The van der Waals surface area contributed by atoms with Crippen molar-refractivity contribution >= 4 is 11.6 Å². The van der Waals surface area contributed by atoms with Gasteiger partial charge in [-0.25, -0.2) is 0 Å². The SMILES string of the molecule is C#Cc1ccc(NC(=O)C(CCC)CCCC)cc1. The molecule has 1 unspecified atom stereocenters. The summed E-state index contributed by atoms with van der Waals surface area (Å²) in [6.07, 6.45) is 10.5. The van der Waals surface area contributed by atoms with Crippen molar-refractivity contribution < 1.29 is 4.79 Å². The van der Waals surface area contributed by atoms with Crippen molar-refractivity contribution in [3.63, 3.8) is 0 Å². The second-order valence-electron chi connectivity index (χ2n) is 4.84. The third kappa shape index (κ3) is 5.18. The lowest BCUT2D eigenvalue weighted by Crippen LogP contribution is -2.22. The van der Waals surface area contributed by atoms with Gasteiger partial charge < -0.3 is 5.32 Å². The fourth-order valence-corrected chi connectivity index (χ4v) is 2.10. The van der Waals surface area contributed by atoms with E-state index >= 15 is 0 Å². The standard InChI is InChI=1S/C17H23NO/c1-4-7-9-15(8-5-2)17(19)18-16-12-10-14(6-3)11-13-16/h3,10-13,15H,4-5,7-9H2,1-2H3,(H,18,19). The van der Waals surface area contributed by atoms with Gasteiger partial charge in [-0.05, 0) is 37.1 Å². The molecule has 0 fully saturated rings. The molecule has 0 heterocycles. The van der Waals surface area contributed by atoms with Crippen LogP contribution >= 0.6 is 0 Å². The molecule has 1 rings (SSSR count). The van der Waals surface area contributed by atoms with Crippen LogP contribution < -0.4 is 5.32 Å². The Kier molecular flexibility index (Phi) is 6.74. The van der Waals surface area contributed by atoms with Crippen LogP contribution in [-0.2, 0) is 4.79 Å². The highest BCUT2D eigenvalue weighted by molar-refractivity contribution is 5.92. The zero-order valence-electron chi connectivity index (χ0n) is 11.9. The Morgan fingerprint density at radius 2 is 1.89 bits per heavy atom. The molecule has 19 heavy (non-hydrogen) atoms. The summed E-state index contributed by atoms with van der Waals surface area (Å²) in [4.78, 5) is 12.2. The Hall–Kier alpha value is -1.75. The van der Waals surface area contributed by atoms with Gasteiger partial charge in [0.2, 0.25) is 5.91 Å². The maximum atomic E-state index is 12.2.